The van der Waals surface area contributed by atoms with Crippen LogP contribution in [0.15, 0.2) is 28.7 Å². The molecule has 0 atom stereocenters. The first-order chi connectivity index (χ1) is 6.68. The van der Waals surface area contributed by atoms with E-state index in [0.717, 1.165) is 4.47 Å². The van der Waals surface area contributed by atoms with E-state index in [1.807, 2.05) is 24.3 Å². The lowest BCUT2D eigenvalue weighted by Crippen LogP contribution is -2.26. The molecule has 0 aliphatic heterocycles. The van der Waals surface area contributed by atoms with Crippen LogP contribution in [0.5, 0.6) is 5.75 Å². The van der Waals surface area contributed by atoms with E-state index >= 15 is 0 Å². The van der Waals surface area contributed by atoms with Crippen molar-refractivity contribution in [1.82, 2.24) is 5.32 Å². The standard InChI is InChI=1S/C9H10BrNO3/c10-7-2-1-3-8(6-7)14-5-4-11-9(12)13/h1-3,6,11H,4-5H2,(H,12,13). The second-order valence-electron chi connectivity index (χ2n) is 2.54. The molecule has 0 aliphatic rings. The number of carbonyl (C=O) groups is 1. The van der Waals surface area contributed by atoms with Crippen LogP contribution in [-0.2, 0) is 0 Å². The fourth-order valence-corrected chi connectivity index (χ4v) is 1.26. The van der Waals surface area contributed by atoms with Gasteiger partial charge in [0.25, 0.3) is 0 Å². The van der Waals surface area contributed by atoms with Gasteiger partial charge in [0.15, 0.2) is 0 Å². The minimum Gasteiger partial charge on any atom is -0.492 e. The number of nitrogens with one attached hydrogen (secondary N) is 1. The fraction of sp³-hybridized carbons (Fsp3) is 0.222. The molecule has 2 N–H and O–H groups in total. The highest BCUT2D eigenvalue weighted by Gasteiger charge is 1.96. The maximum absolute atomic E-state index is 10.1. The van der Waals surface area contributed by atoms with Crippen LogP contribution in [0, 0.1) is 0 Å². The molecule has 0 unspecified atom stereocenters. The number of hydrogen-bond acceptors (Lipinski definition) is 2. The molecule has 0 fully saturated rings. The number of carboxylic acid groups (broad SMARTS) is 1. The van der Waals surface area contributed by atoms with Crippen molar-refractivity contribution in [2.45, 2.75) is 0 Å². The number of benzene rings is 1. The van der Waals surface area contributed by atoms with Crippen LogP contribution in [0.25, 0.3) is 0 Å². The molecule has 14 heavy (non-hydrogen) atoms. The Morgan fingerprint density at radius 1 is 1.57 bits per heavy atom. The summed E-state index contributed by atoms with van der Waals surface area (Å²) in [5.41, 5.74) is 0. The third-order valence-corrected chi connectivity index (χ3v) is 1.94. The highest BCUT2D eigenvalue weighted by Crippen LogP contribution is 2.17. The number of ether oxygens (including phenoxy) is 1. The first-order valence-electron chi connectivity index (χ1n) is 4.03. The van der Waals surface area contributed by atoms with Gasteiger partial charge >= 0.3 is 6.09 Å². The van der Waals surface area contributed by atoms with E-state index in [0.29, 0.717) is 12.4 Å². The molecule has 1 aromatic rings. The molecule has 0 heterocycles. The van der Waals surface area contributed by atoms with Crippen molar-refractivity contribution < 1.29 is 14.6 Å². The molecular formula is C9H10BrNO3. The first-order valence-corrected chi connectivity index (χ1v) is 4.83. The van der Waals surface area contributed by atoms with Gasteiger partial charge in [-0.3, -0.25) is 0 Å². The lowest BCUT2D eigenvalue weighted by molar-refractivity contribution is 0.191. The predicted octanol–water partition coefficient (Wildman–Crippen LogP) is 2.10. The van der Waals surface area contributed by atoms with Gasteiger partial charge in [0, 0.05) is 4.47 Å². The number of amides is 1. The van der Waals surface area contributed by atoms with Crippen molar-refractivity contribution in [3.8, 4) is 5.75 Å². The van der Waals surface area contributed by atoms with Gasteiger partial charge in [-0.1, -0.05) is 22.0 Å². The van der Waals surface area contributed by atoms with Crippen molar-refractivity contribution >= 4 is 22.0 Å². The molecule has 1 rings (SSSR count). The molecule has 0 spiro atoms. The Morgan fingerprint density at radius 2 is 2.36 bits per heavy atom. The van der Waals surface area contributed by atoms with Crippen LogP contribution in [-0.4, -0.2) is 24.4 Å². The molecule has 0 aliphatic carbocycles. The van der Waals surface area contributed by atoms with Gasteiger partial charge in [-0.05, 0) is 18.2 Å². The Labute approximate surface area is 90.0 Å². The number of halogens is 1. The summed E-state index contributed by atoms with van der Waals surface area (Å²) >= 11 is 3.30. The summed E-state index contributed by atoms with van der Waals surface area (Å²) in [5, 5.41) is 10.5. The van der Waals surface area contributed by atoms with E-state index in [-0.39, 0.29) is 6.54 Å². The van der Waals surface area contributed by atoms with E-state index in [1.54, 1.807) is 0 Å². The topological polar surface area (TPSA) is 58.6 Å². The van der Waals surface area contributed by atoms with E-state index < -0.39 is 6.09 Å². The van der Waals surface area contributed by atoms with Crippen LogP contribution in [0.3, 0.4) is 0 Å². The van der Waals surface area contributed by atoms with Gasteiger partial charge in [-0.15, -0.1) is 0 Å². The average molecular weight is 260 g/mol. The summed E-state index contributed by atoms with van der Waals surface area (Å²) < 4.78 is 6.21. The summed E-state index contributed by atoms with van der Waals surface area (Å²) in [5.74, 6) is 0.714. The van der Waals surface area contributed by atoms with Crippen LogP contribution in [0.2, 0.25) is 0 Å². The Balaban J connectivity index is 2.28. The van der Waals surface area contributed by atoms with Gasteiger partial charge in [0.2, 0.25) is 0 Å². The van der Waals surface area contributed by atoms with Crippen LogP contribution in [0.4, 0.5) is 4.79 Å². The molecule has 0 radical (unpaired) electrons. The summed E-state index contributed by atoms with van der Waals surface area (Å²) in [4.78, 5) is 10.1. The SMILES string of the molecule is O=C(O)NCCOc1cccc(Br)c1. The largest absolute Gasteiger partial charge is 0.492 e. The molecule has 1 aromatic carbocycles. The van der Waals surface area contributed by atoms with Crippen molar-refractivity contribution in [2.24, 2.45) is 0 Å². The second-order valence-corrected chi connectivity index (χ2v) is 3.45. The first kappa shape index (κ1) is 10.8. The average Bonchev–Trinajstić information content (AvgIpc) is 2.12. The maximum Gasteiger partial charge on any atom is 0.404 e. The fourth-order valence-electron chi connectivity index (χ4n) is 0.884. The van der Waals surface area contributed by atoms with E-state index in [2.05, 4.69) is 21.2 Å². The Bertz CT molecular complexity index is 317. The predicted molar refractivity (Wildman–Crippen MR) is 55.7 cm³/mol. The quantitative estimate of drug-likeness (QED) is 0.815. The van der Waals surface area contributed by atoms with Crippen LogP contribution < -0.4 is 10.1 Å². The third-order valence-electron chi connectivity index (χ3n) is 1.44. The zero-order chi connectivity index (χ0) is 10.4. The molecule has 5 heteroatoms. The minimum atomic E-state index is -1.04. The van der Waals surface area contributed by atoms with Crippen molar-refractivity contribution in [3.05, 3.63) is 28.7 Å². The van der Waals surface area contributed by atoms with Gasteiger partial charge < -0.3 is 15.2 Å². The molecule has 0 bridgehead atoms. The summed E-state index contributed by atoms with van der Waals surface area (Å²) in [6, 6.07) is 7.37. The van der Waals surface area contributed by atoms with E-state index in [1.165, 1.54) is 0 Å². The Hall–Kier alpha value is -1.23. The molecule has 0 saturated heterocycles. The van der Waals surface area contributed by atoms with Crippen molar-refractivity contribution in [3.63, 3.8) is 0 Å². The molecule has 1 amide bonds. The normalized spacial score (nSPS) is 9.50. The Morgan fingerprint density at radius 3 is 3.00 bits per heavy atom. The number of hydrogen-bond donors (Lipinski definition) is 2. The van der Waals surface area contributed by atoms with Crippen molar-refractivity contribution in [1.29, 1.82) is 0 Å². The lowest BCUT2D eigenvalue weighted by Gasteiger charge is -2.05. The smallest absolute Gasteiger partial charge is 0.404 e. The maximum atomic E-state index is 10.1. The van der Waals surface area contributed by atoms with Gasteiger partial charge in [0.1, 0.15) is 12.4 Å². The minimum absolute atomic E-state index is 0.280. The van der Waals surface area contributed by atoms with Gasteiger partial charge in [-0.2, -0.15) is 0 Å². The summed E-state index contributed by atoms with van der Waals surface area (Å²) in [7, 11) is 0. The van der Waals surface area contributed by atoms with Crippen LogP contribution in [0.1, 0.15) is 0 Å². The van der Waals surface area contributed by atoms with Crippen molar-refractivity contribution in [2.75, 3.05) is 13.2 Å². The van der Waals surface area contributed by atoms with E-state index in [4.69, 9.17) is 9.84 Å². The zero-order valence-corrected chi connectivity index (χ0v) is 8.95. The summed E-state index contributed by atoms with van der Waals surface area (Å²) in [6.45, 7) is 0.602. The highest BCUT2D eigenvalue weighted by molar-refractivity contribution is 9.10. The highest BCUT2D eigenvalue weighted by atomic mass is 79.9. The molecular weight excluding hydrogens is 250 g/mol. The lowest BCUT2D eigenvalue weighted by atomic mass is 10.3. The Kier molecular flexibility index (Phi) is 4.25. The molecule has 4 nitrogen and oxygen atoms in total. The number of rotatable bonds is 4. The molecule has 0 saturated carbocycles. The van der Waals surface area contributed by atoms with Gasteiger partial charge in [-0.25, -0.2) is 4.79 Å². The van der Waals surface area contributed by atoms with Gasteiger partial charge in [0.05, 0.1) is 6.54 Å². The third kappa shape index (κ3) is 4.13. The van der Waals surface area contributed by atoms with Crippen LogP contribution >= 0.6 is 15.9 Å². The van der Waals surface area contributed by atoms with E-state index in [9.17, 15) is 4.79 Å². The molecule has 0 aromatic heterocycles. The molecule has 76 valence electrons. The zero-order valence-electron chi connectivity index (χ0n) is 7.37. The summed E-state index contributed by atoms with van der Waals surface area (Å²) in [6.07, 6.45) is -1.04. The second kappa shape index (κ2) is 5.49. The monoisotopic (exact) mass is 259 g/mol.